The molecule has 2 aromatic rings. The number of nitrogens with zero attached hydrogens (tertiary/aromatic N) is 3. The van der Waals surface area contributed by atoms with Crippen molar-refractivity contribution in [3.8, 4) is 0 Å². The van der Waals surface area contributed by atoms with Gasteiger partial charge in [-0.05, 0) is 154 Å². The zero-order chi connectivity index (χ0) is 72.5. The lowest BCUT2D eigenvalue weighted by molar-refractivity contribution is -0.143. The molecule has 0 radical (unpaired) electrons. The van der Waals surface area contributed by atoms with Crippen molar-refractivity contribution in [3.05, 3.63) is 96.2 Å². The Morgan fingerprint density at radius 1 is 0.788 bits per heavy atom. The molecular formula is C70H109N5O18S6. The van der Waals surface area contributed by atoms with Gasteiger partial charge in [-0.1, -0.05) is 99.1 Å². The maximum absolute atomic E-state index is 14.1. The van der Waals surface area contributed by atoms with Crippen LogP contribution in [0.2, 0.25) is 0 Å². The van der Waals surface area contributed by atoms with Crippen molar-refractivity contribution in [3.63, 3.8) is 0 Å². The van der Waals surface area contributed by atoms with Gasteiger partial charge in [-0.25, -0.2) is 30.4 Å². The van der Waals surface area contributed by atoms with E-state index in [0.29, 0.717) is 118 Å². The lowest BCUT2D eigenvalue weighted by Gasteiger charge is -2.38. The van der Waals surface area contributed by atoms with Crippen molar-refractivity contribution in [2.24, 2.45) is 33.2 Å². The van der Waals surface area contributed by atoms with Gasteiger partial charge in [-0.15, -0.1) is 22.7 Å². The lowest BCUT2D eigenvalue weighted by Crippen LogP contribution is -2.47. The molecule has 2 saturated carbocycles. The molecule has 2 aliphatic carbocycles. The predicted molar refractivity (Wildman–Crippen MR) is 386 cm³/mol. The standard InChI is InChI=1S/C70H109N5O18S6/c1-7-10-17-26-49(4)32-33-51(76)34-36-55-53(61(77)46-63(55)79)28-19-11-13-21-30-65(81)75(9-3)60-48-74(99(89,90)70-58(60)45-67(94-70)97(71,85)86)39-25-41-92-40-23-16-15-18-27-52(91-6)35-37-56-54(62(78)47-64(56)80)29-20-12-14-22-31-66(82)93-42-24-38-73-98(87,88)68-44-57-59(72-8-2)43-50(5)96(83,84)69(57)95-68/h7,10-12,17,19-20,26,34,36,38,44-45,50-56,59-64,72,76-80H,4,8-9,13-16,18,21-25,27-33,35,37,39-43,46-48H2,1-3,5-6H3,(H2,71,85,86)/b10-7-,19-11-,20-12-,26-17-,36-34+,73-38+/t50-,51-,52-,53+,54+,55+,56+,59-,60-,61-,62-,63+,64+/m0/s1. The summed E-state index contributed by atoms with van der Waals surface area (Å²) in [6.45, 7) is 12.8. The van der Waals surface area contributed by atoms with Gasteiger partial charge in [-0.2, -0.15) is 17.1 Å². The second kappa shape index (κ2) is 40.8. The van der Waals surface area contributed by atoms with E-state index in [1.807, 2.05) is 62.5 Å². The quantitative estimate of drug-likeness (QED) is 0.0107. The van der Waals surface area contributed by atoms with Gasteiger partial charge in [0.15, 0.2) is 9.84 Å². The first kappa shape index (κ1) is 83.8. The number of primary sulfonamides is 1. The number of carbonyl (C=O) groups is 2. The van der Waals surface area contributed by atoms with Crippen molar-refractivity contribution in [1.29, 1.82) is 0 Å². The van der Waals surface area contributed by atoms with Crippen LogP contribution >= 0.6 is 22.7 Å². The van der Waals surface area contributed by atoms with Crippen molar-refractivity contribution < 1.29 is 83.0 Å². The van der Waals surface area contributed by atoms with Crippen LogP contribution in [-0.2, 0) is 63.7 Å². The largest absolute Gasteiger partial charge is 0.465 e. The number of aliphatic hydroxyl groups excluding tert-OH is 5. The third kappa shape index (κ3) is 24.8. The summed E-state index contributed by atoms with van der Waals surface area (Å²) >= 11 is 1.29. The van der Waals surface area contributed by atoms with Crippen molar-refractivity contribution in [2.75, 3.05) is 53.1 Å². The van der Waals surface area contributed by atoms with Crippen LogP contribution in [0.1, 0.15) is 192 Å². The number of amides is 1. The fourth-order valence-corrected chi connectivity index (χ4v) is 22.8. The zero-order valence-corrected chi connectivity index (χ0v) is 63.0. The van der Waals surface area contributed by atoms with Gasteiger partial charge < -0.3 is 50.0 Å². The molecule has 2 aliphatic heterocycles. The molecule has 4 aliphatic rings. The number of nitrogens with one attached hydrogen (secondary N) is 1. The van der Waals surface area contributed by atoms with Gasteiger partial charge in [0, 0.05) is 94.9 Å². The maximum atomic E-state index is 14.1. The minimum atomic E-state index is -4.26. The van der Waals surface area contributed by atoms with E-state index in [9.17, 15) is 68.8 Å². The highest BCUT2D eigenvalue weighted by molar-refractivity contribution is 7.96. The maximum Gasteiger partial charge on any atom is 0.305 e. The fourth-order valence-electron chi connectivity index (χ4n) is 13.6. The van der Waals surface area contributed by atoms with Crippen LogP contribution in [0.5, 0.6) is 0 Å². The number of sulfone groups is 1. The third-order valence-electron chi connectivity index (χ3n) is 19.2. The van der Waals surface area contributed by atoms with Gasteiger partial charge in [-0.3, -0.25) is 9.59 Å². The average molecular weight is 1500 g/mol. The molecule has 29 heteroatoms. The number of allylic oxidation sites excluding steroid dienone is 9. The van der Waals surface area contributed by atoms with E-state index >= 15 is 0 Å². The number of fused-ring (bicyclic) bond motifs is 2. The molecule has 0 unspecified atom stereocenters. The predicted octanol–water partition coefficient (Wildman–Crippen LogP) is 9.45. The Morgan fingerprint density at radius 2 is 1.44 bits per heavy atom. The number of carbonyl (C=O) groups excluding carboxylic acids is 2. The monoisotopic (exact) mass is 1500 g/mol. The van der Waals surface area contributed by atoms with Crippen molar-refractivity contribution in [2.45, 2.75) is 240 Å². The molecule has 0 aromatic carbocycles. The van der Waals surface area contributed by atoms with Crippen LogP contribution in [-0.4, -0.2) is 181 Å². The van der Waals surface area contributed by atoms with E-state index in [-0.39, 0.29) is 123 Å². The Hall–Kier alpha value is -4.15. The first-order valence-electron chi connectivity index (χ1n) is 35.1. The molecule has 1 amide bonds. The van der Waals surface area contributed by atoms with E-state index in [2.05, 4.69) is 16.3 Å². The minimum absolute atomic E-state index is 0.0220. The number of unbranched alkanes of at least 4 members (excludes halogenated alkanes) is 5. The molecule has 2 aromatic heterocycles. The number of ether oxygens (including phenoxy) is 3. The number of hydrogen-bond donors (Lipinski definition) is 7. The van der Waals surface area contributed by atoms with Gasteiger partial charge >= 0.3 is 5.97 Å². The topological polar surface area (TPSA) is 356 Å². The van der Waals surface area contributed by atoms with Crippen LogP contribution in [0.15, 0.2) is 106 Å². The molecule has 4 heterocycles. The Kier molecular flexibility index (Phi) is 34.5. The van der Waals surface area contributed by atoms with Crippen LogP contribution in [0, 0.1) is 23.7 Å². The Bertz CT molecular complexity index is 3570. The zero-order valence-electron chi connectivity index (χ0n) is 58.1. The van der Waals surface area contributed by atoms with Gasteiger partial charge in [0.2, 0.25) is 15.9 Å². The molecule has 99 heavy (non-hydrogen) atoms. The number of thiophene rings is 2. The molecule has 558 valence electrons. The number of nitrogens with two attached hydrogens (primary N) is 1. The summed E-state index contributed by atoms with van der Waals surface area (Å²) in [4.78, 5) is 28.0. The van der Waals surface area contributed by atoms with Crippen LogP contribution < -0.4 is 10.5 Å². The van der Waals surface area contributed by atoms with Crippen LogP contribution in [0.25, 0.3) is 0 Å². The number of hydrogen-bond acceptors (Lipinski definition) is 21. The lowest BCUT2D eigenvalue weighted by atomic mass is 9.85. The second-order valence-electron chi connectivity index (χ2n) is 26.3. The summed E-state index contributed by atoms with van der Waals surface area (Å²) in [5, 5.41) is 62.1. The van der Waals surface area contributed by atoms with Gasteiger partial charge in [0.05, 0.1) is 54.5 Å². The number of esters is 1. The van der Waals surface area contributed by atoms with E-state index in [4.69, 9.17) is 19.3 Å². The Balaban J connectivity index is 0.849. The van der Waals surface area contributed by atoms with E-state index in [1.54, 1.807) is 38.0 Å². The Morgan fingerprint density at radius 3 is 2.14 bits per heavy atom. The third-order valence-corrected chi connectivity index (χ3v) is 29.7. The van der Waals surface area contributed by atoms with Crippen molar-refractivity contribution in [1.82, 2.24) is 14.5 Å². The molecule has 13 atom stereocenters. The van der Waals surface area contributed by atoms with Gasteiger partial charge in [0.25, 0.3) is 20.0 Å². The molecule has 6 rings (SSSR count). The number of rotatable bonds is 44. The molecule has 0 bridgehead atoms. The number of aliphatic hydroxyl groups is 5. The van der Waals surface area contributed by atoms with Gasteiger partial charge in [0.1, 0.15) is 16.8 Å². The first-order chi connectivity index (χ1) is 47.1. The number of sulfonamides is 3. The highest BCUT2D eigenvalue weighted by Gasteiger charge is 2.45. The van der Waals surface area contributed by atoms with E-state index < -0.39 is 87.7 Å². The second-order valence-corrected chi connectivity index (χ2v) is 36.8. The number of likely N-dealkylation sites (N-methyl/N-ethyl adjacent to an activating group) is 1. The summed E-state index contributed by atoms with van der Waals surface area (Å²) in [6, 6.07) is 1.63. The molecular weight excluding hydrogens is 1390 g/mol. The number of methoxy groups -OCH3 is 1. The molecule has 23 nitrogen and oxygen atoms in total. The normalized spacial score (nSPS) is 25.6. The smallest absolute Gasteiger partial charge is 0.305 e. The molecule has 2 fully saturated rings. The van der Waals surface area contributed by atoms with E-state index in [1.165, 1.54) is 16.4 Å². The van der Waals surface area contributed by atoms with Crippen molar-refractivity contribution >= 4 is 80.7 Å². The fraction of sp³-hybridized carbons (Fsp3) is 0.671. The van der Waals surface area contributed by atoms with Crippen LogP contribution in [0.4, 0.5) is 0 Å². The molecule has 0 spiro atoms. The Labute approximate surface area is 596 Å². The summed E-state index contributed by atoms with van der Waals surface area (Å²) in [7, 11) is -14.5. The molecule has 0 saturated heterocycles. The van der Waals surface area contributed by atoms with Crippen LogP contribution in [0.3, 0.4) is 0 Å². The minimum Gasteiger partial charge on any atom is -0.465 e. The van der Waals surface area contributed by atoms with E-state index in [0.717, 1.165) is 50.3 Å². The highest BCUT2D eigenvalue weighted by atomic mass is 32.3. The SMILES string of the molecule is C=C(/C=C\C=C/C)CC[C@H](O)/C=C/[C@@H]1[C@@H](C/C=C\CCCC(=O)N(CC)[C@H]2CN(CCCOCCCCCC[C@@H](CC[C@@H]3[C@@H](C/C=C\CCCC(=O)OCC/C=N/S(=O)(=O)c4cc5c(s4)S(=O)(=O)[C@@H](C)C[C@@H]5NCC)[C@@H](O)C[C@H]3O)OC)S(=O)(=O)c3sc(S(N)(=O)=O)cc32)[C@@H](O)C[C@H]1O. The summed E-state index contributed by atoms with van der Waals surface area (Å²) in [5.41, 5.74) is 1.56. The summed E-state index contributed by atoms with van der Waals surface area (Å²) in [6.07, 6.45) is 28.2. The first-order valence-corrected chi connectivity index (χ1v) is 42.7. The average Bonchev–Trinajstić information content (AvgIpc) is 1.66. The summed E-state index contributed by atoms with van der Waals surface area (Å²) < 4.78 is 127. The molecule has 8 N–H and O–H groups in total. The summed E-state index contributed by atoms with van der Waals surface area (Å²) in [5.74, 6) is -1.50. The highest BCUT2D eigenvalue weighted by Crippen LogP contribution is 2.45.